The molecule has 1 aromatic rings. The number of aromatic hydroxyl groups is 1. The first-order valence-corrected chi connectivity index (χ1v) is 6.62. The molecule has 2 rings (SSSR count). The van der Waals surface area contributed by atoms with Crippen molar-refractivity contribution < 1.29 is 19.4 Å². The van der Waals surface area contributed by atoms with Gasteiger partial charge in [0.1, 0.15) is 5.75 Å². The van der Waals surface area contributed by atoms with E-state index in [-0.39, 0.29) is 30.5 Å². The zero-order valence-electron chi connectivity index (χ0n) is 11.9. The van der Waals surface area contributed by atoms with Crippen molar-refractivity contribution in [3.8, 4) is 17.2 Å². The summed E-state index contributed by atoms with van der Waals surface area (Å²) < 4.78 is 10.4. The Bertz CT molecular complexity index is 502. The molecule has 1 aromatic carbocycles. The van der Waals surface area contributed by atoms with E-state index < -0.39 is 0 Å². The first kappa shape index (κ1) is 14.5. The monoisotopic (exact) mass is 280 g/mol. The van der Waals surface area contributed by atoms with Gasteiger partial charge in [0.2, 0.25) is 12.7 Å². The van der Waals surface area contributed by atoms with E-state index in [1.807, 2.05) is 13.8 Å². The van der Waals surface area contributed by atoms with Crippen LogP contribution in [0.3, 0.4) is 0 Å². The summed E-state index contributed by atoms with van der Waals surface area (Å²) in [7, 11) is 0. The molecule has 1 aliphatic rings. The van der Waals surface area contributed by atoms with Gasteiger partial charge in [-0.1, -0.05) is 0 Å². The number of hydrogen-bond donors (Lipinski definition) is 3. The SMILES string of the molecule is CC(C)NC(=O)C(C)NCc1cc2c(cc1O)OCO2. The lowest BCUT2D eigenvalue weighted by atomic mass is 10.1. The van der Waals surface area contributed by atoms with Gasteiger partial charge >= 0.3 is 0 Å². The lowest BCUT2D eigenvalue weighted by Crippen LogP contribution is -2.44. The molecule has 0 saturated carbocycles. The Morgan fingerprint density at radius 1 is 1.30 bits per heavy atom. The average Bonchev–Trinajstić information content (AvgIpc) is 2.81. The third-order valence-electron chi connectivity index (χ3n) is 3.00. The molecule has 0 aliphatic carbocycles. The number of phenols is 1. The average molecular weight is 280 g/mol. The standard InChI is InChI=1S/C14H20N2O4/c1-8(2)16-14(18)9(3)15-6-10-4-12-13(5-11(10)17)20-7-19-12/h4-5,8-9,15,17H,6-7H2,1-3H3,(H,16,18). The number of nitrogens with one attached hydrogen (secondary N) is 2. The number of carbonyl (C=O) groups is 1. The maximum absolute atomic E-state index is 11.8. The largest absolute Gasteiger partial charge is 0.507 e. The number of benzene rings is 1. The Kier molecular flexibility index (Phi) is 4.34. The van der Waals surface area contributed by atoms with Gasteiger partial charge in [-0.05, 0) is 26.8 Å². The fourth-order valence-electron chi connectivity index (χ4n) is 1.88. The third-order valence-corrected chi connectivity index (χ3v) is 3.00. The van der Waals surface area contributed by atoms with Gasteiger partial charge in [0.15, 0.2) is 11.5 Å². The normalized spacial score (nSPS) is 14.4. The molecule has 20 heavy (non-hydrogen) atoms. The molecule has 0 aromatic heterocycles. The smallest absolute Gasteiger partial charge is 0.237 e. The van der Waals surface area contributed by atoms with E-state index >= 15 is 0 Å². The molecule has 1 amide bonds. The number of phenolic OH excluding ortho intramolecular Hbond substituents is 1. The zero-order valence-corrected chi connectivity index (χ0v) is 11.9. The molecule has 0 radical (unpaired) electrons. The van der Waals surface area contributed by atoms with Gasteiger partial charge in [0, 0.05) is 24.2 Å². The Morgan fingerprint density at radius 3 is 2.60 bits per heavy atom. The minimum Gasteiger partial charge on any atom is -0.507 e. The lowest BCUT2D eigenvalue weighted by Gasteiger charge is -2.16. The predicted octanol–water partition coefficient (Wildman–Crippen LogP) is 1.12. The van der Waals surface area contributed by atoms with Crippen LogP contribution in [0.4, 0.5) is 0 Å². The number of hydrogen-bond acceptors (Lipinski definition) is 5. The highest BCUT2D eigenvalue weighted by Crippen LogP contribution is 2.37. The molecule has 1 heterocycles. The molecule has 110 valence electrons. The van der Waals surface area contributed by atoms with Crippen LogP contribution in [0.25, 0.3) is 0 Å². The third kappa shape index (κ3) is 3.33. The minimum atomic E-state index is -0.345. The highest BCUT2D eigenvalue weighted by atomic mass is 16.7. The second kappa shape index (κ2) is 6.00. The van der Waals surface area contributed by atoms with E-state index in [4.69, 9.17) is 9.47 Å². The maximum atomic E-state index is 11.8. The van der Waals surface area contributed by atoms with Crippen LogP contribution in [0.15, 0.2) is 12.1 Å². The number of ether oxygens (including phenoxy) is 2. The predicted molar refractivity (Wildman–Crippen MR) is 73.8 cm³/mol. The fraction of sp³-hybridized carbons (Fsp3) is 0.500. The van der Waals surface area contributed by atoms with E-state index in [0.29, 0.717) is 23.6 Å². The summed E-state index contributed by atoms with van der Waals surface area (Å²) in [5.74, 6) is 1.20. The number of rotatable bonds is 5. The quantitative estimate of drug-likeness (QED) is 0.753. The van der Waals surface area contributed by atoms with Crippen LogP contribution in [0.1, 0.15) is 26.3 Å². The van der Waals surface area contributed by atoms with Crippen molar-refractivity contribution in [3.63, 3.8) is 0 Å². The van der Waals surface area contributed by atoms with Crippen LogP contribution in [-0.2, 0) is 11.3 Å². The van der Waals surface area contributed by atoms with Crippen LogP contribution in [0, 0.1) is 0 Å². The Hall–Kier alpha value is -1.95. The van der Waals surface area contributed by atoms with Crippen molar-refractivity contribution in [1.82, 2.24) is 10.6 Å². The van der Waals surface area contributed by atoms with Gasteiger partial charge in [-0.3, -0.25) is 4.79 Å². The Morgan fingerprint density at radius 2 is 1.95 bits per heavy atom. The fourth-order valence-corrected chi connectivity index (χ4v) is 1.88. The van der Waals surface area contributed by atoms with Gasteiger partial charge in [-0.25, -0.2) is 0 Å². The second-order valence-electron chi connectivity index (χ2n) is 5.10. The maximum Gasteiger partial charge on any atom is 0.237 e. The van der Waals surface area contributed by atoms with Crippen LogP contribution < -0.4 is 20.1 Å². The first-order valence-electron chi connectivity index (χ1n) is 6.62. The van der Waals surface area contributed by atoms with Crippen molar-refractivity contribution in [2.24, 2.45) is 0 Å². The summed E-state index contributed by atoms with van der Waals surface area (Å²) in [4.78, 5) is 11.8. The second-order valence-corrected chi connectivity index (χ2v) is 5.10. The van der Waals surface area contributed by atoms with Crippen molar-refractivity contribution in [1.29, 1.82) is 0 Å². The van der Waals surface area contributed by atoms with Gasteiger partial charge in [-0.15, -0.1) is 0 Å². The minimum absolute atomic E-state index is 0.0692. The molecule has 6 nitrogen and oxygen atoms in total. The Labute approximate surface area is 118 Å². The van der Waals surface area contributed by atoms with Gasteiger partial charge in [0.25, 0.3) is 0 Å². The summed E-state index contributed by atoms with van der Waals surface area (Å²) in [6.07, 6.45) is 0. The Balaban J connectivity index is 1.95. The van der Waals surface area contributed by atoms with Gasteiger partial charge in [-0.2, -0.15) is 0 Å². The highest BCUT2D eigenvalue weighted by Gasteiger charge is 2.18. The molecule has 3 N–H and O–H groups in total. The molecular formula is C14H20N2O4. The molecule has 0 saturated heterocycles. The molecule has 0 bridgehead atoms. The van der Waals surface area contributed by atoms with Crippen LogP contribution in [-0.4, -0.2) is 29.9 Å². The van der Waals surface area contributed by atoms with E-state index in [0.717, 1.165) is 0 Å². The van der Waals surface area contributed by atoms with Crippen LogP contribution in [0.5, 0.6) is 17.2 Å². The first-order chi connectivity index (χ1) is 9.47. The summed E-state index contributed by atoms with van der Waals surface area (Å²) in [6.45, 7) is 6.14. The lowest BCUT2D eigenvalue weighted by molar-refractivity contribution is -0.123. The van der Waals surface area contributed by atoms with Gasteiger partial charge < -0.3 is 25.2 Å². The summed E-state index contributed by atoms with van der Waals surface area (Å²) in [5.41, 5.74) is 0.665. The summed E-state index contributed by atoms with van der Waals surface area (Å²) in [5, 5.41) is 15.8. The molecular weight excluding hydrogens is 260 g/mol. The number of carbonyl (C=O) groups excluding carboxylic acids is 1. The van der Waals surface area contributed by atoms with E-state index in [1.54, 1.807) is 13.0 Å². The van der Waals surface area contributed by atoms with Crippen molar-refractivity contribution >= 4 is 5.91 Å². The summed E-state index contributed by atoms with van der Waals surface area (Å²) in [6, 6.07) is 3.00. The zero-order chi connectivity index (χ0) is 14.7. The van der Waals surface area contributed by atoms with Crippen molar-refractivity contribution in [3.05, 3.63) is 17.7 Å². The highest BCUT2D eigenvalue weighted by molar-refractivity contribution is 5.81. The molecule has 0 fully saturated rings. The van der Waals surface area contributed by atoms with Crippen LogP contribution in [0.2, 0.25) is 0 Å². The molecule has 0 spiro atoms. The van der Waals surface area contributed by atoms with E-state index in [9.17, 15) is 9.90 Å². The van der Waals surface area contributed by atoms with Crippen molar-refractivity contribution in [2.75, 3.05) is 6.79 Å². The molecule has 1 aliphatic heterocycles. The van der Waals surface area contributed by atoms with Crippen LogP contribution >= 0.6 is 0 Å². The van der Waals surface area contributed by atoms with Crippen molar-refractivity contribution in [2.45, 2.75) is 39.4 Å². The van der Waals surface area contributed by atoms with E-state index in [2.05, 4.69) is 10.6 Å². The van der Waals surface area contributed by atoms with E-state index in [1.165, 1.54) is 6.07 Å². The molecule has 6 heteroatoms. The molecule has 1 atom stereocenters. The topological polar surface area (TPSA) is 79.8 Å². The van der Waals surface area contributed by atoms with Gasteiger partial charge in [0.05, 0.1) is 6.04 Å². The molecule has 1 unspecified atom stereocenters. The summed E-state index contributed by atoms with van der Waals surface area (Å²) >= 11 is 0. The number of amides is 1. The number of fused-ring (bicyclic) bond motifs is 1.